The summed E-state index contributed by atoms with van der Waals surface area (Å²) in [5.41, 5.74) is 0.837. The first kappa shape index (κ1) is 12.7. The van der Waals surface area contributed by atoms with Crippen molar-refractivity contribution in [3.05, 3.63) is 17.5 Å². The van der Waals surface area contributed by atoms with Gasteiger partial charge in [0.1, 0.15) is 5.76 Å². The van der Waals surface area contributed by atoms with Crippen LogP contribution in [-0.2, 0) is 16.1 Å². The molecule has 0 aromatic carbocycles. The van der Waals surface area contributed by atoms with E-state index in [0.29, 0.717) is 13.2 Å². The number of rotatable bonds is 6. The molecule has 1 heterocycles. The van der Waals surface area contributed by atoms with Crippen molar-refractivity contribution in [2.75, 3.05) is 19.7 Å². The Balaban J connectivity index is 2.45. The van der Waals surface area contributed by atoms with Crippen molar-refractivity contribution in [2.24, 2.45) is 0 Å². The average molecular weight is 226 g/mol. The Kier molecular flexibility index (Phi) is 4.98. The maximum absolute atomic E-state index is 11.3. The second-order valence-electron chi connectivity index (χ2n) is 3.54. The highest BCUT2D eigenvalue weighted by Gasteiger charge is 2.12. The van der Waals surface area contributed by atoms with Gasteiger partial charge in [-0.2, -0.15) is 0 Å². The standard InChI is InChI=1S/C11H18N2O3/c1-4-13(8-11(14)15-5-2)7-10-6-9(3)16-12-10/h6H,4-5,7-8H2,1-3H3. The first-order chi connectivity index (χ1) is 7.65. The topological polar surface area (TPSA) is 55.6 Å². The highest BCUT2D eigenvalue weighted by atomic mass is 16.5. The summed E-state index contributed by atoms with van der Waals surface area (Å²) in [5, 5.41) is 3.89. The van der Waals surface area contributed by atoms with Gasteiger partial charge in [-0.15, -0.1) is 0 Å². The Labute approximate surface area is 95.4 Å². The third-order valence-electron chi connectivity index (χ3n) is 2.17. The molecule has 0 unspecified atom stereocenters. The van der Waals surface area contributed by atoms with Crippen molar-refractivity contribution in [1.82, 2.24) is 10.1 Å². The lowest BCUT2D eigenvalue weighted by molar-refractivity contribution is -0.144. The van der Waals surface area contributed by atoms with Crippen LogP contribution in [0.1, 0.15) is 25.3 Å². The van der Waals surface area contributed by atoms with Gasteiger partial charge in [0.25, 0.3) is 0 Å². The molecule has 1 aromatic rings. The molecule has 5 heteroatoms. The zero-order chi connectivity index (χ0) is 12.0. The van der Waals surface area contributed by atoms with Crippen molar-refractivity contribution in [3.63, 3.8) is 0 Å². The number of aromatic nitrogens is 1. The normalized spacial score (nSPS) is 10.8. The molecular weight excluding hydrogens is 208 g/mol. The molecule has 0 saturated carbocycles. The molecule has 1 rings (SSSR count). The van der Waals surface area contributed by atoms with Crippen LogP contribution >= 0.6 is 0 Å². The van der Waals surface area contributed by atoms with Crippen molar-refractivity contribution >= 4 is 5.97 Å². The fraction of sp³-hybridized carbons (Fsp3) is 0.636. The van der Waals surface area contributed by atoms with Crippen LogP contribution in [0.5, 0.6) is 0 Å². The molecule has 90 valence electrons. The number of hydrogen-bond donors (Lipinski definition) is 0. The number of esters is 1. The minimum absolute atomic E-state index is 0.204. The number of aryl methyl sites for hydroxylation is 1. The molecule has 16 heavy (non-hydrogen) atoms. The van der Waals surface area contributed by atoms with Crippen molar-refractivity contribution in [3.8, 4) is 0 Å². The van der Waals surface area contributed by atoms with Gasteiger partial charge in [0.15, 0.2) is 0 Å². The van der Waals surface area contributed by atoms with Crippen LogP contribution in [0.4, 0.5) is 0 Å². The molecular formula is C11H18N2O3. The van der Waals surface area contributed by atoms with E-state index in [9.17, 15) is 4.79 Å². The molecule has 0 N–H and O–H groups in total. The molecule has 0 aliphatic carbocycles. The maximum atomic E-state index is 11.3. The third-order valence-corrected chi connectivity index (χ3v) is 2.17. The van der Waals surface area contributed by atoms with Crippen LogP contribution < -0.4 is 0 Å². The van der Waals surface area contributed by atoms with Gasteiger partial charge in [-0.1, -0.05) is 12.1 Å². The van der Waals surface area contributed by atoms with Crippen LogP contribution in [0.3, 0.4) is 0 Å². The average Bonchev–Trinajstić information content (AvgIpc) is 2.63. The Bertz CT molecular complexity index is 336. The predicted molar refractivity (Wildman–Crippen MR) is 58.8 cm³/mol. The number of carbonyl (C=O) groups excluding carboxylic acids is 1. The summed E-state index contributed by atoms with van der Waals surface area (Å²) < 4.78 is 9.86. The highest BCUT2D eigenvalue weighted by Crippen LogP contribution is 2.05. The molecule has 0 atom stereocenters. The minimum Gasteiger partial charge on any atom is -0.465 e. The zero-order valence-corrected chi connectivity index (χ0v) is 10.0. The number of hydrogen-bond acceptors (Lipinski definition) is 5. The van der Waals surface area contributed by atoms with E-state index >= 15 is 0 Å². The van der Waals surface area contributed by atoms with Gasteiger partial charge < -0.3 is 9.26 Å². The van der Waals surface area contributed by atoms with E-state index in [2.05, 4.69) is 5.16 Å². The molecule has 0 spiro atoms. The predicted octanol–water partition coefficient (Wildman–Crippen LogP) is 1.37. The summed E-state index contributed by atoms with van der Waals surface area (Å²) in [6, 6.07) is 1.87. The summed E-state index contributed by atoms with van der Waals surface area (Å²) >= 11 is 0. The van der Waals surface area contributed by atoms with Gasteiger partial charge in [-0.25, -0.2) is 0 Å². The van der Waals surface area contributed by atoms with Crippen LogP contribution in [0, 0.1) is 6.92 Å². The maximum Gasteiger partial charge on any atom is 0.320 e. The molecule has 0 radical (unpaired) electrons. The molecule has 0 aliphatic rings. The quantitative estimate of drug-likeness (QED) is 0.686. The van der Waals surface area contributed by atoms with Crippen LogP contribution in [0.25, 0.3) is 0 Å². The smallest absolute Gasteiger partial charge is 0.320 e. The second-order valence-corrected chi connectivity index (χ2v) is 3.54. The summed E-state index contributed by atoms with van der Waals surface area (Å²) in [4.78, 5) is 13.3. The van der Waals surface area contributed by atoms with Crippen molar-refractivity contribution in [2.45, 2.75) is 27.3 Å². The monoisotopic (exact) mass is 226 g/mol. The van der Waals surface area contributed by atoms with Gasteiger partial charge in [-0.05, 0) is 20.4 Å². The molecule has 1 aromatic heterocycles. The lowest BCUT2D eigenvalue weighted by Gasteiger charge is -2.17. The van der Waals surface area contributed by atoms with Gasteiger partial charge in [0.05, 0.1) is 18.8 Å². The van der Waals surface area contributed by atoms with Gasteiger partial charge in [0, 0.05) is 12.6 Å². The van der Waals surface area contributed by atoms with Crippen molar-refractivity contribution < 1.29 is 14.1 Å². The molecule has 0 aliphatic heterocycles. The van der Waals surface area contributed by atoms with Crippen molar-refractivity contribution in [1.29, 1.82) is 0 Å². The summed E-state index contributed by atoms with van der Waals surface area (Å²) in [7, 11) is 0. The molecule has 0 fully saturated rings. The molecule has 0 amide bonds. The summed E-state index contributed by atoms with van der Waals surface area (Å²) in [5.74, 6) is 0.576. The van der Waals surface area contributed by atoms with Crippen LogP contribution in [0.15, 0.2) is 10.6 Å². The number of ether oxygens (including phenoxy) is 1. The zero-order valence-electron chi connectivity index (χ0n) is 10.0. The molecule has 0 saturated heterocycles. The van der Waals surface area contributed by atoms with E-state index in [-0.39, 0.29) is 12.5 Å². The molecule has 0 bridgehead atoms. The number of carbonyl (C=O) groups is 1. The first-order valence-corrected chi connectivity index (χ1v) is 5.45. The third kappa shape index (κ3) is 4.02. The fourth-order valence-electron chi connectivity index (χ4n) is 1.39. The minimum atomic E-state index is -0.204. The summed E-state index contributed by atoms with van der Waals surface area (Å²) in [6.45, 7) is 7.71. The molecule has 5 nitrogen and oxygen atoms in total. The Hall–Kier alpha value is -1.36. The van der Waals surface area contributed by atoms with E-state index in [4.69, 9.17) is 9.26 Å². The highest BCUT2D eigenvalue weighted by molar-refractivity contribution is 5.71. The summed E-state index contributed by atoms with van der Waals surface area (Å²) in [6.07, 6.45) is 0. The fourth-order valence-corrected chi connectivity index (χ4v) is 1.39. The van der Waals surface area contributed by atoms with Gasteiger partial charge in [-0.3, -0.25) is 9.69 Å². The SMILES string of the molecule is CCOC(=O)CN(CC)Cc1cc(C)on1. The van der Waals surface area contributed by atoms with Crippen LogP contribution in [0.2, 0.25) is 0 Å². The van der Waals surface area contributed by atoms with E-state index in [1.54, 1.807) is 6.92 Å². The Morgan fingerprint density at radius 1 is 1.56 bits per heavy atom. The Morgan fingerprint density at radius 2 is 2.31 bits per heavy atom. The second kappa shape index (κ2) is 6.27. The largest absolute Gasteiger partial charge is 0.465 e. The van der Waals surface area contributed by atoms with E-state index in [1.165, 1.54) is 0 Å². The Morgan fingerprint density at radius 3 is 2.81 bits per heavy atom. The first-order valence-electron chi connectivity index (χ1n) is 5.45. The van der Waals surface area contributed by atoms with E-state index in [0.717, 1.165) is 18.0 Å². The number of nitrogens with zero attached hydrogens (tertiary/aromatic N) is 2. The number of likely N-dealkylation sites (N-methyl/N-ethyl adjacent to an activating group) is 1. The lowest BCUT2D eigenvalue weighted by Crippen LogP contribution is -2.30. The van der Waals surface area contributed by atoms with E-state index in [1.807, 2.05) is 24.8 Å². The van der Waals surface area contributed by atoms with Gasteiger partial charge in [0.2, 0.25) is 0 Å². The van der Waals surface area contributed by atoms with E-state index < -0.39 is 0 Å². The van der Waals surface area contributed by atoms with Gasteiger partial charge >= 0.3 is 5.97 Å². The lowest BCUT2D eigenvalue weighted by atomic mass is 10.3. The van der Waals surface area contributed by atoms with Crippen LogP contribution in [-0.4, -0.2) is 35.7 Å².